The highest BCUT2D eigenvalue weighted by Gasteiger charge is 2.10. The molecule has 140 valence electrons. The number of H-pyrrole nitrogens is 1. The minimum atomic E-state index is -0.395. The second-order valence-electron chi connectivity index (χ2n) is 6.18. The Hall–Kier alpha value is -3.85. The van der Waals surface area contributed by atoms with Gasteiger partial charge in [-0.2, -0.15) is 5.26 Å². The molecule has 3 rings (SSSR count). The molecule has 1 heterocycles. The summed E-state index contributed by atoms with van der Waals surface area (Å²) in [7, 11) is 1.34. The molecule has 28 heavy (non-hydrogen) atoms. The van der Waals surface area contributed by atoms with Crippen LogP contribution in [0.5, 0.6) is 5.75 Å². The number of ether oxygens (including phenoxy) is 2. The second kappa shape index (κ2) is 8.23. The number of carbonyl (C=O) groups is 1. The maximum Gasteiger partial charge on any atom is 0.337 e. The summed E-state index contributed by atoms with van der Waals surface area (Å²) in [6.07, 6.45) is 0. The smallest absolute Gasteiger partial charge is 0.337 e. The normalized spacial score (nSPS) is 10.2. The van der Waals surface area contributed by atoms with Crippen molar-refractivity contribution in [2.24, 2.45) is 0 Å². The molecule has 0 fully saturated rings. The first-order chi connectivity index (χ1) is 13.5. The number of nitrogens with zero attached hydrogens (tertiary/aromatic N) is 1. The fraction of sp³-hybridized carbons (Fsp3) is 0.136. The van der Waals surface area contributed by atoms with Gasteiger partial charge in [-0.05, 0) is 48.4 Å². The van der Waals surface area contributed by atoms with Gasteiger partial charge < -0.3 is 14.5 Å². The van der Waals surface area contributed by atoms with Gasteiger partial charge in [0.05, 0.1) is 12.7 Å². The van der Waals surface area contributed by atoms with Crippen molar-refractivity contribution in [2.75, 3.05) is 7.11 Å². The molecule has 0 atom stereocenters. The molecule has 0 unspecified atom stereocenters. The van der Waals surface area contributed by atoms with Crippen LogP contribution in [-0.4, -0.2) is 18.1 Å². The van der Waals surface area contributed by atoms with E-state index in [2.05, 4.69) is 9.72 Å². The Kier molecular flexibility index (Phi) is 5.56. The van der Waals surface area contributed by atoms with E-state index in [1.54, 1.807) is 49.4 Å². The maximum atomic E-state index is 11.9. The van der Waals surface area contributed by atoms with Crippen molar-refractivity contribution in [2.45, 2.75) is 13.5 Å². The third-order valence-electron chi connectivity index (χ3n) is 4.23. The number of aryl methyl sites for hydroxylation is 1. The number of methoxy groups -OCH3 is 1. The monoisotopic (exact) mass is 374 g/mol. The minimum Gasteiger partial charge on any atom is -0.489 e. The molecule has 3 aromatic rings. The Morgan fingerprint density at radius 2 is 1.79 bits per heavy atom. The van der Waals surface area contributed by atoms with E-state index in [1.165, 1.54) is 7.11 Å². The van der Waals surface area contributed by atoms with Gasteiger partial charge in [-0.25, -0.2) is 4.79 Å². The quantitative estimate of drug-likeness (QED) is 0.689. The number of aromatic nitrogens is 1. The van der Waals surface area contributed by atoms with Gasteiger partial charge in [0, 0.05) is 11.3 Å². The zero-order valence-electron chi connectivity index (χ0n) is 15.5. The standard InChI is InChI=1S/C22H18N2O4/c1-14-11-19(20(12-23)21(25)24-14)16-7-9-18(10-8-16)28-13-15-3-5-17(6-4-15)22(26)27-2/h3-11H,13H2,1-2H3,(H,24,25). The molecule has 0 aliphatic rings. The molecular formula is C22H18N2O4. The first-order valence-electron chi connectivity index (χ1n) is 8.56. The average Bonchev–Trinajstić information content (AvgIpc) is 2.72. The number of hydrogen-bond acceptors (Lipinski definition) is 5. The lowest BCUT2D eigenvalue weighted by molar-refractivity contribution is 0.0600. The Balaban J connectivity index is 1.73. The number of benzene rings is 2. The number of rotatable bonds is 5. The van der Waals surface area contributed by atoms with E-state index in [-0.39, 0.29) is 11.5 Å². The van der Waals surface area contributed by atoms with Crippen molar-refractivity contribution in [3.8, 4) is 22.9 Å². The van der Waals surface area contributed by atoms with Crippen molar-refractivity contribution < 1.29 is 14.3 Å². The molecule has 0 amide bonds. The highest BCUT2D eigenvalue weighted by molar-refractivity contribution is 5.89. The van der Waals surface area contributed by atoms with Gasteiger partial charge in [-0.15, -0.1) is 0 Å². The van der Waals surface area contributed by atoms with Crippen molar-refractivity contribution in [3.63, 3.8) is 0 Å². The summed E-state index contributed by atoms with van der Waals surface area (Å²) in [4.78, 5) is 26.0. The van der Waals surface area contributed by atoms with E-state index in [9.17, 15) is 14.9 Å². The number of aromatic amines is 1. The summed E-state index contributed by atoms with van der Waals surface area (Å²) in [5.41, 5.74) is 3.13. The largest absolute Gasteiger partial charge is 0.489 e. The van der Waals surface area contributed by atoms with Gasteiger partial charge in [-0.1, -0.05) is 24.3 Å². The molecule has 0 saturated heterocycles. The van der Waals surface area contributed by atoms with Gasteiger partial charge in [0.25, 0.3) is 5.56 Å². The molecule has 1 aromatic heterocycles. The first-order valence-corrected chi connectivity index (χ1v) is 8.56. The third-order valence-corrected chi connectivity index (χ3v) is 4.23. The van der Waals surface area contributed by atoms with Crippen molar-refractivity contribution >= 4 is 5.97 Å². The van der Waals surface area contributed by atoms with Crippen LogP contribution in [0, 0.1) is 18.3 Å². The van der Waals surface area contributed by atoms with Crippen LogP contribution in [0.1, 0.15) is 27.2 Å². The van der Waals surface area contributed by atoms with E-state index in [0.29, 0.717) is 29.2 Å². The zero-order valence-corrected chi connectivity index (χ0v) is 15.5. The number of hydrogen-bond donors (Lipinski definition) is 1. The Labute approximate surface area is 162 Å². The topological polar surface area (TPSA) is 92.2 Å². The van der Waals surface area contributed by atoms with Crippen LogP contribution >= 0.6 is 0 Å². The number of nitrogens with one attached hydrogen (secondary N) is 1. The summed E-state index contributed by atoms with van der Waals surface area (Å²) in [6, 6.07) is 17.9. The summed E-state index contributed by atoms with van der Waals surface area (Å²) in [5, 5.41) is 9.26. The number of nitriles is 1. The fourth-order valence-electron chi connectivity index (χ4n) is 2.78. The van der Waals surface area contributed by atoms with Crippen molar-refractivity contribution in [1.29, 1.82) is 5.26 Å². The van der Waals surface area contributed by atoms with Gasteiger partial charge in [-0.3, -0.25) is 4.79 Å². The third kappa shape index (κ3) is 4.10. The van der Waals surface area contributed by atoms with Crippen LogP contribution in [0.3, 0.4) is 0 Å². The van der Waals surface area contributed by atoms with Crippen LogP contribution < -0.4 is 10.3 Å². The highest BCUT2D eigenvalue weighted by Crippen LogP contribution is 2.25. The summed E-state index contributed by atoms with van der Waals surface area (Å²) < 4.78 is 10.4. The average molecular weight is 374 g/mol. The molecule has 0 aliphatic carbocycles. The van der Waals surface area contributed by atoms with E-state index in [4.69, 9.17) is 4.74 Å². The predicted octanol–water partition coefficient (Wildman–Crippen LogP) is 3.59. The van der Waals surface area contributed by atoms with Crippen molar-refractivity contribution in [3.05, 3.63) is 87.3 Å². The molecule has 6 nitrogen and oxygen atoms in total. The maximum absolute atomic E-state index is 11.9. The SMILES string of the molecule is COC(=O)c1ccc(COc2ccc(-c3cc(C)[nH]c(=O)c3C#N)cc2)cc1. The molecule has 0 bridgehead atoms. The summed E-state index contributed by atoms with van der Waals surface area (Å²) in [6.45, 7) is 2.11. The number of pyridine rings is 1. The van der Waals surface area contributed by atoms with Crippen molar-refractivity contribution in [1.82, 2.24) is 4.98 Å². The van der Waals surface area contributed by atoms with Gasteiger partial charge >= 0.3 is 5.97 Å². The van der Waals surface area contributed by atoms with Crippen LogP contribution in [0.2, 0.25) is 0 Å². The van der Waals surface area contributed by atoms with E-state index < -0.39 is 5.56 Å². The van der Waals surface area contributed by atoms with Crippen LogP contribution in [-0.2, 0) is 11.3 Å². The molecule has 2 aromatic carbocycles. The Morgan fingerprint density at radius 3 is 2.39 bits per heavy atom. The molecule has 0 spiro atoms. The Morgan fingerprint density at radius 1 is 1.11 bits per heavy atom. The molecule has 0 saturated carbocycles. The number of esters is 1. The van der Waals surface area contributed by atoms with Gasteiger partial charge in [0.2, 0.25) is 0 Å². The van der Waals surface area contributed by atoms with E-state index >= 15 is 0 Å². The summed E-state index contributed by atoms with van der Waals surface area (Å²) in [5.74, 6) is 0.274. The molecule has 6 heteroatoms. The molecule has 0 aliphatic heterocycles. The van der Waals surface area contributed by atoms with Crippen LogP contribution in [0.4, 0.5) is 0 Å². The summed E-state index contributed by atoms with van der Waals surface area (Å²) >= 11 is 0. The lowest BCUT2D eigenvalue weighted by Gasteiger charge is -2.09. The van der Waals surface area contributed by atoms with Crippen LogP contribution in [0.25, 0.3) is 11.1 Å². The van der Waals surface area contributed by atoms with Gasteiger partial charge in [0.1, 0.15) is 24.0 Å². The lowest BCUT2D eigenvalue weighted by atomic mass is 10.0. The van der Waals surface area contributed by atoms with Crippen LogP contribution in [0.15, 0.2) is 59.4 Å². The minimum absolute atomic E-state index is 0.0879. The molecular weight excluding hydrogens is 356 g/mol. The zero-order chi connectivity index (χ0) is 20.1. The fourth-order valence-corrected chi connectivity index (χ4v) is 2.78. The predicted molar refractivity (Wildman–Crippen MR) is 104 cm³/mol. The Bertz CT molecular complexity index is 1090. The molecule has 0 radical (unpaired) electrons. The second-order valence-corrected chi connectivity index (χ2v) is 6.18. The lowest BCUT2D eigenvalue weighted by Crippen LogP contribution is -2.12. The molecule has 1 N–H and O–H groups in total. The first kappa shape index (κ1) is 18.9. The van der Waals surface area contributed by atoms with Gasteiger partial charge in [0.15, 0.2) is 0 Å². The van der Waals surface area contributed by atoms with E-state index in [1.807, 2.05) is 18.2 Å². The highest BCUT2D eigenvalue weighted by atomic mass is 16.5. The number of carbonyl (C=O) groups excluding carboxylic acids is 1. The van der Waals surface area contributed by atoms with E-state index in [0.717, 1.165) is 11.1 Å².